The Labute approximate surface area is 189 Å². The lowest BCUT2D eigenvalue weighted by Gasteiger charge is -2.19. The average Bonchev–Trinajstić information content (AvgIpc) is 2.66. The van der Waals surface area contributed by atoms with Crippen LogP contribution in [0.2, 0.25) is 0 Å². The third-order valence-corrected chi connectivity index (χ3v) is 6.27. The first kappa shape index (κ1) is 25.6. The molecule has 1 amide bonds. The van der Waals surface area contributed by atoms with Crippen LogP contribution in [0.4, 0.5) is 15.8 Å². The molecular formula is C23H31FN2O5S. The van der Waals surface area contributed by atoms with Gasteiger partial charge in [-0.05, 0) is 48.2 Å². The van der Waals surface area contributed by atoms with Crippen LogP contribution >= 0.6 is 0 Å². The maximum absolute atomic E-state index is 13.7. The molecule has 7 nitrogen and oxygen atoms in total. The first-order valence-corrected chi connectivity index (χ1v) is 11.9. The molecule has 0 saturated carbocycles. The van der Waals surface area contributed by atoms with Gasteiger partial charge < -0.3 is 15.2 Å². The zero-order valence-electron chi connectivity index (χ0n) is 19.0. The largest absolute Gasteiger partial charge is 0.458 e. The number of halogens is 1. The van der Waals surface area contributed by atoms with Crippen LogP contribution < -0.4 is 14.8 Å². The van der Waals surface area contributed by atoms with E-state index >= 15 is 0 Å². The normalized spacial score (nSPS) is 13.0. The lowest BCUT2D eigenvalue weighted by Crippen LogP contribution is -2.29. The smallest absolute Gasteiger partial charge is 0.262 e. The molecule has 3 N–H and O–H groups in total. The van der Waals surface area contributed by atoms with E-state index in [9.17, 15) is 22.7 Å². The molecule has 0 aliphatic rings. The molecule has 0 heterocycles. The summed E-state index contributed by atoms with van der Waals surface area (Å²) in [5.74, 6) is -2.65. The van der Waals surface area contributed by atoms with Crippen LogP contribution in [0, 0.1) is 11.8 Å². The number of sulfonamides is 1. The van der Waals surface area contributed by atoms with Gasteiger partial charge in [-0.1, -0.05) is 26.8 Å². The molecule has 0 unspecified atom stereocenters. The summed E-state index contributed by atoms with van der Waals surface area (Å²) in [5, 5.41) is 12.2. The number of aliphatic hydroxyl groups is 1. The van der Waals surface area contributed by atoms with E-state index in [2.05, 4.69) is 10.0 Å². The number of carbonyl (C=O) groups is 1. The lowest BCUT2D eigenvalue weighted by molar-refractivity contribution is -0.122. The van der Waals surface area contributed by atoms with Crippen LogP contribution in [-0.4, -0.2) is 31.9 Å². The van der Waals surface area contributed by atoms with Crippen LogP contribution in [0.15, 0.2) is 47.4 Å². The zero-order chi connectivity index (χ0) is 24.1. The summed E-state index contributed by atoms with van der Waals surface area (Å²) in [6, 6.07) is 10.6. The Bertz CT molecular complexity index is 1050. The van der Waals surface area contributed by atoms with Crippen molar-refractivity contribution in [3.8, 4) is 5.75 Å². The number of nitrogens with one attached hydrogen (secondary N) is 2. The zero-order valence-corrected chi connectivity index (χ0v) is 19.8. The minimum absolute atomic E-state index is 0.0442. The number of hydrogen-bond donors (Lipinski definition) is 3. The molecule has 176 valence electrons. The van der Waals surface area contributed by atoms with Crippen molar-refractivity contribution in [3.05, 3.63) is 48.0 Å². The molecule has 2 aromatic carbocycles. The van der Waals surface area contributed by atoms with Crippen LogP contribution in [0.5, 0.6) is 5.75 Å². The van der Waals surface area contributed by atoms with Gasteiger partial charge in [-0.15, -0.1) is 0 Å². The number of alkyl halides is 1. The monoisotopic (exact) mass is 466 g/mol. The molecule has 0 fully saturated rings. The van der Waals surface area contributed by atoms with Crippen molar-refractivity contribution in [1.29, 1.82) is 0 Å². The van der Waals surface area contributed by atoms with E-state index in [0.29, 0.717) is 17.7 Å². The van der Waals surface area contributed by atoms with E-state index in [1.807, 2.05) is 20.8 Å². The average molecular weight is 467 g/mol. The first-order chi connectivity index (χ1) is 14.9. The van der Waals surface area contributed by atoms with E-state index in [1.54, 1.807) is 12.1 Å². The molecule has 0 radical (unpaired) electrons. The highest BCUT2D eigenvalue weighted by Crippen LogP contribution is 2.27. The van der Waals surface area contributed by atoms with Crippen LogP contribution in [0.3, 0.4) is 0 Å². The molecule has 2 rings (SSSR count). The minimum atomic E-state index is -3.95. The van der Waals surface area contributed by atoms with Crippen LogP contribution in [-0.2, 0) is 21.2 Å². The number of ether oxygens (including phenoxy) is 1. The number of benzene rings is 2. The summed E-state index contributed by atoms with van der Waals surface area (Å²) in [6.07, 6.45) is 0.409. The lowest BCUT2D eigenvalue weighted by atomic mass is 9.96. The summed E-state index contributed by atoms with van der Waals surface area (Å²) in [4.78, 5) is 12.5. The quantitative estimate of drug-likeness (QED) is 0.483. The summed E-state index contributed by atoms with van der Waals surface area (Å²) < 4.78 is 47.4. The molecule has 0 aliphatic carbocycles. The van der Waals surface area contributed by atoms with Gasteiger partial charge in [0, 0.05) is 25.6 Å². The Morgan fingerprint density at radius 2 is 1.84 bits per heavy atom. The van der Waals surface area contributed by atoms with Crippen LogP contribution in [0.1, 0.15) is 40.2 Å². The van der Waals surface area contributed by atoms with Crippen LogP contribution in [0.25, 0.3) is 0 Å². The second-order valence-corrected chi connectivity index (χ2v) is 9.95. The van der Waals surface area contributed by atoms with Gasteiger partial charge in [-0.2, -0.15) is 4.39 Å². The number of rotatable bonds is 10. The molecule has 2 aromatic rings. The Balaban J connectivity index is 2.27. The van der Waals surface area contributed by atoms with Crippen molar-refractivity contribution in [3.63, 3.8) is 0 Å². The highest BCUT2D eigenvalue weighted by atomic mass is 32.2. The summed E-state index contributed by atoms with van der Waals surface area (Å²) in [5.41, 5.74) is 1.19. The van der Waals surface area contributed by atoms with Crippen molar-refractivity contribution in [1.82, 2.24) is 0 Å². The number of aryl methyl sites for hydroxylation is 1. The first-order valence-electron chi connectivity index (χ1n) is 10.4. The molecular weight excluding hydrogens is 435 g/mol. The van der Waals surface area contributed by atoms with Gasteiger partial charge in [0.05, 0.1) is 23.1 Å². The van der Waals surface area contributed by atoms with Crippen molar-refractivity contribution < 1.29 is 27.4 Å². The maximum atomic E-state index is 13.7. The van der Waals surface area contributed by atoms with Gasteiger partial charge in [0.2, 0.25) is 11.8 Å². The molecule has 32 heavy (non-hydrogen) atoms. The van der Waals surface area contributed by atoms with Crippen molar-refractivity contribution in [2.75, 3.05) is 16.6 Å². The van der Waals surface area contributed by atoms with E-state index in [1.165, 1.54) is 44.2 Å². The molecule has 0 saturated heterocycles. The standard InChI is InChI=1S/C23H31FN2O5S/c1-6-16-12-17(25-22(28)20(14-27)15(2)3)10-11-21(16)32(29,30)26-18-8-7-9-19(13-18)31-23(4,5)24/h7-13,15,20,26-27H,6,14H2,1-5H3,(H,25,28)/t20-/m0/s1. The summed E-state index contributed by atoms with van der Waals surface area (Å²) in [7, 11) is -3.95. The van der Waals surface area contributed by atoms with Gasteiger partial charge in [0.15, 0.2) is 0 Å². The highest BCUT2D eigenvalue weighted by molar-refractivity contribution is 7.92. The maximum Gasteiger partial charge on any atom is 0.262 e. The number of amides is 1. The van der Waals surface area contributed by atoms with E-state index < -0.39 is 21.8 Å². The fourth-order valence-electron chi connectivity index (χ4n) is 3.14. The van der Waals surface area contributed by atoms with E-state index in [4.69, 9.17) is 4.74 Å². The predicted octanol–water partition coefficient (Wildman–Crippen LogP) is 4.34. The van der Waals surface area contributed by atoms with Gasteiger partial charge in [-0.3, -0.25) is 9.52 Å². The van der Waals surface area contributed by atoms with Gasteiger partial charge in [0.25, 0.3) is 10.0 Å². The molecule has 9 heteroatoms. The number of hydrogen-bond acceptors (Lipinski definition) is 5. The fourth-order valence-corrected chi connectivity index (χ4v) is 4.48. The van der Waals surface area contributed by atoms with E-state index in [-0.39, 0.29) is 34.8 Å². The molecule has 1 atom stereocenters. The Morgan fingerprint density at radius 3 is 2.41 bits per heavy atom. The molecule has 0 aromatic heterocycles. The second kappa shape index (κ2) is 10.3. The Hall–Kier alpha value is -2.65. The SMILES string of the molecule is CCc1cc(NC(=O)[C@@H](CO)C(C)C)ccc1S(=O)(=O)Nc1cccc(OC(C)(C)F)c1. The van der Waals surface area contributed by atoms with Crippen molar-refractivity contribution in [2.45, 2.75) is 51.8 Å². The predicted molar refractivity (Wildman–Crippen MR) is 123 cm³/mol. The molecule has 0 spiro atoms. The molecule has 0 aliphatic heterocycles. The van der Waals surface area contributed by atoms with Gasteiger partial charge >= 0.3 is 0 Å². The van der Waals surface area contributed by atoms with E-state index in [0.717, 1.165) is 0 Å². The second-order valence-electron chi connectivity index (χ2n) is 8.30. The summed E-state index contributed by atoms with van der Waals surface area (Å²) >= 11 is 0. The topological polar surface area (TPSA) is 105 Å². The third-order valence-electron chi connectivity index (χ3n) is 4.78. The van der Waals surface area contributed by atoms with Crippen molar-refractivity contribution in [2.24, 2.45) is 11.8 Å². The summed E-state index contributed by atoms with van der Waals surface area (Å²) in [6.45, 7) is 7.72. The fraction of sp³-hybridized carbons (Fsp3) is 0.435. The molecule has 0 bridgehead atoms. The van der Waals surface area contributed by atoms with Gasteiger partial charge in [0.1, 0.15) is 5.75 Å². The number of anilines is 2. The van der Waals surface area contributed by atoms with Gasteiger partial charge in [-0.25, -0.2) is 8.42 Å². The Kier molecular flexibility index (Phi) is 8.25. The minimum Gasteiger partial charge on any atom is -0.458 e. The third kappa shape index (κ3) is 6.93. The number of carbonyl (C=O) groups excluding carboxylic acids is 1. The number of aliphatic hydroxyl groups excluding tert-OH is 1. The van der Waals surface area contributed by atoms with Crippen molar-refractivity contribution >= 4 is 27.3 Å². The Morgan fingerprint density at radius 1 is 1.16 bits per heavy atom. The highest BCUT2D eigenvalue weighted by Gasteiger charge is 2.23.